The van der Waals surface area contributed by atoms with E-state index in [0.29, 0.717) is 19.4 Å². The summed E-state index contributed by atoms with van der Waals surface area (Å²) in [6, 6.07) is -4.35. The number of thiol groups is 1. The van der Waals surface area contributed by atoms with Crippen molar-refractivity contribution in [1.82, 2.24) is 16.0 Å². The van der Waals surface area contributed by atoms with Crippen LogP contribution in [0, 0.1) is 0 Å². The zero-order valence-electron chi connectivity index (χ0n) is 16.9. The number of aliphatic carboxylic acids is 1. The maximum Gasteiger partial charge on any atom is 0.326 e. The molecule has 0 rings (SSSR count). The molecule has 0 saturated carbocycles. The summed E-state index contributed by atoms with van der Waals surface area (Å²) in [5, 5.41) is 16.4. The van der Waals surface area contributed by atoms with E-state index in [1.807, 2.05) is 0 Å². The number of carbonyl (C=O) groups is 5. The van der Waals surface area contributed by atoms with Gasteiger partial charge in [0.1, 0.15) is 18.1 Å². The first kappa shape index (κ1) is 27.6. The van der Waals surface area contributed by atoms with Crippen molar-refractivity contribution in [1.29, 1.82) is 0 Å². The van der Waals surface area contributed by atoms with Crippen molar-refractivity contribution in [2.24, 2.45) is 17.2 Å². The summed E-state index contributed by atoms with van der Waals surface area (Å²) < 4.78 is 0. The minimum atomic E-state index is -1.23. The van der Waals surface area contributed by atoms with Gasteiger partial charge in [-0.2, -0.15) is 12.6 Å². The first-order valence-corrected chi connectivity index (χ1v) is 10.1. The number of nitrogens with two attached hydrogens (primary N) is 3. The summed E-state index contributed by atoms with van der Waals surface area (Å²) >= 11 is 3.90. The summed E-state index contributed by atoms with van der Waals surface area (Å²) in [6.07, 6.45) is 0.879. The third kappa shape index (κ3) is 11.0. The second-order valence-corrected chi connectivity index (χ2v) is 7.13. The molecule has 0 bridgehead atoms. The Labute approximate surface area is 180 Å². The molecule has 172 valence electrons. The van der Waals surface area contributed by atoms with Crippen molar-refractivity contribution in [3.05, 3.63) is 0 Å². The maximum atomic E-state index is 12.6. The second-order valence-electron chi connectivity index (χ2n) is 6.77. The molecule has 4 amide bonds. The lowest BCUT2D eigenvalue weighted by atomic mass is 10.1. The van der Waals surface area contributed by atoms with Crippen LogP contribution in [0.3, 0.4) is 0 Å². The van der Waals surface area contributed by atoms with Crippen LogP contribution in [0.15, 0.2) is 0 Å². The molecule has 12 nitrogen and oxygen atoms in total. The van der Waals surface area contributed by atoms with Crippen LogP contribution in [0.25, 0.3) is 0 Å². The Hall–Kier alpha value is -2.38. The van der Waals surface area contributed by atoms with E-state index in [2.05, 4.69) is 28.6 Å². The molecule has 4 atom stereocenters. The highest BCUT2D eigenvalue weighted by Crippen LogP contribution is 2.04. The summed E-state index contributed by atoms with van der Waals surface area (Å²) in [5.74, 6) is -3.95. The van der Waals surface area contributed by atoms with Gasteiger partial charge in [-0.1, -0.05) is 0 Å². The first-order chi connectivity index (χ1) is 14.0. The van der Waals surface area contributed by atoms with E-state index < -0.39 is 53.8 Å². The van der Waals surface area contributed by atoms with Crippen LogP contribution < -0.4 is 33.2 Å². The van der Waals surface area contributed by atoms with Crippen molar-refractivity contribution in [2.75, 3.05) is 12.3 Å². The molecule has 0 radical (unpaired) electrons. The first-order valence-electron chi connectivity index (χ1n) is 9.52. The predicted molar refractivity (Wildman–Crippen MR) is 112 cm³/mol. The zero-order valence-corrected chi connectivity index (χ0v) is 17.8. The van der Waals surface area contributed by atoms with E-state index in [1.165, 1.54) is 6.92 Å². The molecule has 0 spiro atoms. The Morgan fingerprint density at radius 3 is 2.03 bits per heavy atom. The summed E-state index contributed by atoms with van der Waals surface area (Å²) in [7, 11) is 0. The molecular formula is C17H32N6O6S. The molecule has 0 aromatic carbocycles. The average molecular weight is 449 g/mol. The number of hydrogen-bond donors (Lipinski definition) is 8. The van der Waals surface area contributed by atoms with E-state index in [1.54, 1.807) is 0 Å². The Morgan fingerprint density at radius 2 is 1.53 bits per heavy atom. The highest BCUT2D eigenvalue weighted by Gasteiger charge is 2.28. The Morgan fingerprint density at radius 1 is 0.933 bits per heavy atom. The fourth-order valence-corrected chi connectivity index (χ4v) is 2.51. The number of amides is 4. The van der Waals surface area contributed by atoms with Gasteiger partial charge in [-0.25, -0.2) is 4.79 Å². The molecule has 30 heavy (non-hydrogen) atoms. The van der Waals surface area contributed by atoms with Crippen molar-refractivity contribution in [2.45, 2.75) is 63.2 Å². The molecule has 0 heterocycles. The fourth-order valence-electron chi connectivity index (χ4n) is 2.34. The summed E-state index contributed by atoms with van der Waals surface area (Å²) in [5.41, 5.74) is 16.0. The van der Waals surface area contributed by atoms with Gasteiger partial charge in [0.15, 0.2) is 0 Å². The fraction of sp³-hybridized carbons (Fsp3) is 0.706. The lowest BCUT2D eigenvalue weighted by molar-refractivity contribution is -0.142. The lowest BCUT2D eigenvalue weighted by Gasteiger charge is -2.23. The molecule has 0 saturated heterocycles. The van der Waals surface area contributed by atoms with Crippen molar-refractivity contribution in [3.63, 3.8) is 0 Å². The predicted octanol–water partition coefficient (Wildman–Crippen LogP) is -2.80. The van der Waals surface area contributed by atoms with Gasteiger partial charge in [0, 0.05) is 12.2 Å². The van der Waals surface area contributed by atoms with Crippen molar-refractivity contribution in [3.8, 4) is 0 Å². The topological polar surface area (TPSA) is 220 Å². The van der Waals surface area contributed by atoms with Gasteiger partial charge in [0.05, 0.1) is 6.04 Å². The number of unbranched alkanes of at least 4 members (excludes halogenated alkanes) is 1. The normalized spacial score (nSPS) is 14.7. The summed E-state index contributed by atoms with van der Waals surface area (Å²) in [6.45, 7) is 1.77. The molecule has 0 fully saturated rings. The number of carboxylic acid groups (broad SMARTS) is 1. The zero-order chi connectivity index (χ0) is 23.3. The third-order valence-electron chi connectivity index (χ3n) is 4.16. The number of primary amides is 1. The van der Waals surface area contributed by atoms with E-state index in [-0.39, 0.29) is 25.0 Å². The smallest absolute Gasteiger partial charge is 0.326 e. The van der Waals surface area contributed by atoms with E-state index >= 15 is 0 Å². The summed E-state index contributed by atoms with van der Waals surface area (Å²) in [4.78, 5) is 59.2. The SMILES string of the molecule is CC(NC(=O)C(N)CS)C(=O)NC(CCC(N)=O)C(=O)NC(CCCCN)C(=O)O. The van der Waals surface area contributed by atoms with Crippen LogP contribution in [-0.4, -0.2) is 71.2 Å². The number of carbonyl (C=O) groups excluding carboxylic acids is 4. The Balaban J connectivity index is 5.12. The van der Waals surface area contributed by atoms with Crippen LogP contribution in [0.5, 0.6) is 0 Å². The second kappa shape index (κ2) is 14.6. The van der Waals surface area contributed by atoms with Gasteiger partial charge in [-0.05, 0) is 39.2 Å². The minimum Gasteiger partial charge on any atom is -0.480 e. The lowest BCUT2D eigenvalue weighted by Crippen LogP contribution is -2.56. The average Bonchev–Trinajstić information content (AvgIpc) is 2.68. The number of rotatable bonds is 15. The molecule has 0 aliphatic carbocycles. The van der Waals surface area contributed by atoms with Crippen molar-refractivity contribution < 1.29 is 29.1 Å². The van der Waals surface area contributed by atoms with Crippen LogP contribution in [0.1, 0.15) is 39.0 Å². The van der Waals surface area contributed by atoms with Crippen LogP contribution in [0.2, 0.25) is 0 Å². The van der Waals surface area contributed by atoms with Gasteiger partial charge in [-0.3, -0.25) is 19.2 Å². The Bertz CT molecular complexity index is 620. The maximum absolute atomic E-state index is 12.6. The molecular weight excluding hydrogens is 416 g/mol. The molecule has 10 N–H and O–H groups in total. The van der Waals surface area contributed by atoms with Gasteiger partial charge in [-0.15, -0.1) is 0 Å². The molecule has 0 aromatic rings. The molecule has 13 heteroatoms. The van der Waals surface area contributed by atoms with Gasteiger partial charge >= 0.3 is 5.97 Å². The monoisotopic (exact) mass is 448 g/mol. The van der Waals surface area contributed by atoms with E-state index in [9.17, 15) is 29.1 Å². The van der Waals surface area contributed by atoms with E-state index in [0.717, 1.165) is 0 Å². The minimum absolute atomic E-state index is 0.0740. The molecule has 0 aliphatic heterocycles. The number of hydrogen-bond acceptors (Lipinski definition) is 8. The van der Waals surface area contributed by atoms with Gasteiger partial charge < -0.3 is 38.3 Å². The Kier molecular flexibility index (Phi) is 13.4. The van der Waals surface area contributed by atoms with E-state index in [4.69, 9.17) is 17.2 Å². The molecule has 0 aromatic heterocycles. The highest BCUT2D eigenvalue weighted by molar-refractivity contribution is 7.80. The highest BCUT2D eigenvalue weighted by atomic mass is 32.1. The van der Waals surface area contributed by atoms with Gasteiger partial charge in [0.2, 0.25) is 23.6 Å². The quantitative estimate of drug-likeness (QED) is 0.0963. The largest absolute Gasteiger partial charge is 0.480 e. The van der Waals surface area contributed by atoms with Crippen LogP contribution in [-0.2, 0) is 24.0 Å². The van der Waals surface area contributed by atoms with Crippen molar-refractivity contribution >= 4 is 42.2 Å². The molecule has 0 aliphatic rings. The standard InChI is InChI=1S/C17H32N6O6S/c1-9(21-15(26)10(19)8-30)14(25)22-11(5-6-13(20)24)16(27)23-12(17(28)29)4-2-3-7-18/h9-12,30H,2-8,18-19H2,1H3,(H2,20,24)(H,21,26)(H,22,25)(H,23,27)(H,28,29). The molecule has 4 unspecified atom stereocenters. The number of nitrogens with one attached hydrogen (secondary N) is 3. The van der Waals surface area contributed by atoms with Crippen LogP contribution in [0.4, 0.5) is 0 Å². The number of carboxylic acids is 1. The van der Waals surface area contributed by atoms with Crippen LogP contribution >= 0.6 is 12.6 Å². The third-order valence-corrected chi connectivity index (χ3v) is 4.55. The van der Waals surface area contributed by atoms with Gasteiger partial charge in [0.25, 0.3) is 0 Å².